The van der Waals surface area contributed by atoms with Crippen molar-refractivity contribution in [2.45, 2.75) is 19.8 Å². The summed E-state index contributed by atoms with van der Waals surface area (Å²) in [6.07, 6.45) is 2.40. The van der Waals surface area contributed by atoms with Crippen LogP contribution >= 0.6 is 0 Å². The Morgan fingerprint density at radius 2 is 1.77 bits per heavy atom. The highest BCUT2D eigenvalue weighted by atomic mass is 32.2. The number of unbranched alkanes of at least 4 members (excludes halogenated alkanes) is 1. The van der Waals surface area contributed by atoms with Crippen LogP contribution in [0.1, 0.15) is 19.8 Å². The predicted octanol–water partition coefficient (Wildman–Crippen LogP) is 1.51. The van der Waals surface area contributed by atoms with E-state index < -0.39 is 10.0 Å². The van der Waals surface area contributed by atoms with Crippen LogP contribution < -0.4 is 9.62 Å². The first-order chi connectivity index (χ1) is 10.5. The molecule has 6 nitrogen and oxygen atoms in total. The molecule has 1 aliphatic rings. The van der Waals surface area contributed by atoms with E-state index >= 15 is 0 Å². The Hall–Kier alpha value is -1.76. The van der Waals surface area contributed by atoms with Crippen molar-refractivity contribution in [1.82, 2.24) is 4.90 Å². The molecule has 0 atom stereocenters. The molecule has 1 amide bonds. The summed E-state index contributed by atoms with van der Waals surface area (Å²) < 4.78 is 26.3. The maximum atomic E-state index is 11.9. The summed E-state index contributed by atoms with van der Waals surface area (Å²) in [5.74, 6) is 0.152. The molecule has 1 heterocycles. The van der Waals surface area contributed by atoms with E-state index in [0.717, 1.165) is 44.7 Å². The van der Waals surface area contributed by atoms with Gasteiger partial charge in [0.05, 0.1) is 5.75 Å². The second-order valence-corrected chi connectivity index (χ2v) is 7.29. The van der Waals surface area contributed by atoms with Crippen LogP contribution in [-0.2, 0) is 14.8 Å². The summed E-state index contributed by atoms with van der Waals surface area (Å²) in [6, 6.07) is 7.39. The highest BCUT2D eigenvalue weighted by Crippen LogP contribution is 2.20. The average Bonchev–Trinajstić information content (AvgIpc) is 2.53. The van der Waals surface area contributed by atoms with E-state index in [1.807, 2.05) is 19.1 Å². The van der Waals surface area contributed by atoms with Gasteiger partial charge in [0.1, 0.15) is 0 Å². The van der Waals surface area contributed by atoms with E-state index in [9.17, 15) is 13.2 Å². The molecule has 0 radical (unpaired) electrons. The lowest BCUT2D eigenvalue weighted by Crippen LogP contribution is -2.45. The van der Waals surface area contributed by atoms with Gasteiger partial charge in [0, 0.05) is 37.6 Å². The van der Waals surface area contributed by atoms with Crippen molar-refractivity contribution in [2.24, 2.45) is 0 Å². The molecular formula is C15H23N3O3S. The van der Waals surface area contributed by atoms with E-state index in [1.54, 1.807) is 17.0 Å². The van der Waals surface area contributed by atoms with Crippen LogP contribution in [0.2, 0.25) is 0 Å². The van der Waals surface area contributed by atoms with Gasteiger partial charge in [0.15, 0.2) is 0 Å². The van der Waals surface area contributed by atoms with Gasteiger partial charge in [-0.05, 0) is 30.7 Å². The second kappa shape index (κ2) is 7.49. The Balaban J connectivity index is 1.94. The molecule has 1 aliphatic heterocycles. The molecule has 1 aromatic carbocycles. The van der Waals surface area contributed by atoms with E-state index in [4.69, 9.17) is 0 Å². The van der Waals surface area contributed by atoms with Crippen LogP contribution in [0.4, 0.5) is 11.4 Å². The third kappa shape index (κ3) is 4.62. The fraction of sp³-hybridized carbons (Fsp3) is 0.533. The maximum Gasteiger partial charge on any atom is 0.232 e. The molecule has 122 valence electrons. The molecule has 1 aromatic rings. The van der Waals surface area contributed by atoms with Crippen molar-refractivity contribution in [3.8, 4) is 0 Å². The van der Waals surface area contributed by atoms with Gasteiger partial charge in [-0.3, -0.25) is 9.52 Å². The third-order valence-electron chi connectivity index (χ3n) is 3.74. The number of sulfonamides is 1. The van der Waals surface area contributed by atoms with E-state index in [0.29, 0.717) is 12.1 Å². The van der Waals surface area contributed by atoms with E-state index in [1.165, 1.54) is 0 Å². The molecule has 1 fully saturated rings. The van der Waals surface area contributed by atoms with Gasteiger partial charge in [-0.1, -0.05) is 13.3 Å². The Morgan fingerprint density at radius 3 is 2.32 bits per heavy atom. The van der Waals surface area contributed by atoms with Gasteiger partial charge in [0.2, 0.25) is 16.4 Å². The number of amides is 1. The average molecular weight is 325 g/mol. The van der Waals surface area contributed by atoms with Crippen molar-refractivity contribution >= 4 is 27.8 Å². The summed E-state index contributed by atoms with van der Waals surface area (Å²) >= 11 is 0. The molecule has 0 aromatic heterocycles. The lowest BCUT2D eigenvalue weighted by Gasteiger charge is -2.34. The molecule has 22 heavy (non-hydrogen) atoms. The minimum Gasteiger partial charge on any atom is -0.368 e. The summed E-state index contributed by atoms with van der Waals surface area (Å²) in [5, 5.41) is 0. The van der Waals surface area contributed by atoms with Gasteiger partial charge >= 0.3 is 0 Å². The number of carbonyl (C=O) groups is 1. The first kappa shape index (κ1) is 16.6. The zero-order valence-electron chi connectivity index (χ0n) is 12.9. The van der Waals surface area contributed by atoms with Crippen molar-refractivity contribution < 1.29 is 13.2 Å². The van der Waals surface area contributed by atoms with Crippen molar-refractivity contribution in [3.05, 3.63) is 24.3 Å². The van der Waals surface area contributed by atoms with E-state index in [2.05, 4.69) is 9.62 Å². The first-order valence-electron chi connectivity index (χ1n) is 7.59. The molecule has 0 saturated carbocycles. The zero-order valence-corrected chi connectivity index (χ0v) is 13.7. The number of nitrogens with zero attached hydrogens (tertiary/aromatic N) is 2. The normalized spacial score (nSPS) is 15.7. The number of nitrogens with one attached hydrogen (secondary N) is 1. The van der Waals surface area contributed by atoms with Crippen LogP contribution in [0, 0.1) is 0 Å². The van der Waals surface area contributed by atoms with Crippen molar-refractivity contribution in [1.29, 1.82) is 0 Å². The fourth-order valence-electron chi connectivity index (χ4n) is 2.39. The Kier molecular flexibility index (Phi) is 5.65. The molecule has 2 rings (SSSR count). The highest BCUT2D eigenvalue weighted by Gasteiger charge is 2.16. The quantitative estimate of drug-likeness (QED) is 0.772. The zero-order chi connectivity index (χ0) is 16.0. The van der Waals surface area contributed by atoms with Gasteiger partial charge in [0.25, 0.3) is 0 Å². The highest BCUT2D eigenvalue weighted by molar-refractivity contribution is 7.92. The molecule has 0 bridgehead atoms. The van der Waals surface area contributed by atoms with Crippen molar-refractivity contribution in [2.75, 3.05) is 41.6 Å². The molecular weight excluding hydrogens is 302 g/mol. The number of hydrogen-bond acceptors (Lipinski definition) is 4. The lowest BCUT2D eigenvalue weighted by atomic mass is 10.2. The Bertz CT molecular complexity index is 579. The fourth-order valence-corrected chi connectivity index (χ4v) is 3.66. The molecule has 0 spiro atoms. The smallest absolute Gasteiger partial charge is 0.232 e. The minimum atomic E-state index is -3.25. The van der Waals surface area contributed by atoms with Crippen molar-refractivity contribution in [3.63, 3.8) is 0 Å². The summed E-state index contributed by atoms with van der Waals surface area (Å²) in [6.45, 7) is 4.99. The number of piperazine rings is 1. The Morgan fingerprint density at radius 1 is 1.14 bits per heavy atom. The number of benzene rings is 1. The topological polar surface area (TPSA) is 69.7 Å². The van der Waals surface area contributed by atoms with Gasteiger partial charge < -0.3 is 9.80 Å². The monoisotopic (exact) mass is 325 g/mol. The maximum absolute atomic E-state index is 11.9. The molecule has 1 saturated heterocycles. The van der Waals surface area contributed by atoms with Gasteiger partial charge in [-0.2, -0.15) is 0 Å². The van der Waals surface area contributed by atoms with Gasteiger partial charge in [-0.25, -0.2) is 8.42 Å². The molecule has 0 aliphatic carbocycles. The number of rotatable bonds is 7. The second-order valence-electron chi connectivity index (χ2n) is 5.45. The predicted molar refractivity (Wildman–Crippen MR) is 88.6 cm³/mol. The Labute approximate surface area is 132 Å². The van der Waals surface area contributed by atoms with Crippen LogP contribution in [0.15, 0.2) is 24.3 Å². The van der Waals surface area contributed by atoms with E-state index in [-0.39, 0.29) is 5.75 Å². The van der Waals surface area contributed by atoms with Crippen LogP contribution in [-0.4, -0.2) is 51.7 Å². The number of hydrogen-bond donors (Lipinski definition) is 1. The van der Waals surface area contributed by atoms with Gasteiger partial charge in [-0.15, -0.1) is 0 Å². The van der Waals surface area contributed by atoms with Crippen LogP contribution in [0.25, 0.3) is 0 Å². The first-order valence-corrected chi connectivity index (χ1v) is 9.24. The summed E-state index contributed by atoms with van der Waals surface area (Å²) in [5.41, 5.74) is 1.63. The molecule has 7 heteroatoms. The summed E-state index contributed by atoms with van der Waals surface area (Å²) in [7, 11) is -3.25. The number of anilines is 2. The van der Waals surface area contributed by atoms with Crippen LogP contribution in [0.5, 0.6) is 0 Å². The third-order valence-corrected chi connectivity index (χ3v) is 5.11. The number of carbonyl (C=O) groups excluding carboxylic acids is 1. The SMILES string of the molecule is CCCCS(=O)(=O)Nc1ccc(N2CCN(C=O)CC2)cc1. The van der Waals surface area contributed by atoms with Crippen LogP contribution in [0.3, 0.4) is 0 Å². The molecule has 0 unspecified atom stereocenters. The molecule has 1 N–H and O–H groups in total. The summed E-state index contributed by atoms with van der Waals surface area (Å²) in [4.78, 5) is 14.6. The minimum absolute atomic E-state index is 0.152. The lowest BCUT2D eigenvalue weighted by molar-refractivity contribution is -0.118. The standard InChI is InChI=1S/C15H23N3O3S/c1-2-3-12-22(20,21)16-14-4-6-15(7-5-14)18-10-8-17(13-19)9-11-18/h4-7,13,16H,2-3,8-12H2,1H3. The largest absolute Gasteiger partial charge is 0.368 e.